The number of carbonyl (C=O) groups excluding carboxylic acids is 2. The first kappa shape index (κ1) is 20.0. The van der Waals surface area contributed by atoms with Crippen LogP contribution in [0.2, 0.25) is 0 Å². The Morgan fingerprint density at radius 3 is 2.68 bits per heavy atom. The number of rotatable bonds is 9. The summed E-state index contributed by atoms with van der Waals surface area (Å²) in [4.78, 5) is 38.5. The van der Waals surface area contributed by atoms with E-state index in [2.05, 4.69) is 0 Å². The number of carboxylic acids is 1. The van der Waals surface area contributed by atoms with E-state index in [4.69, 9.17) is 5.11 Å². The van der Waals surface area contributed by atoms with Crippen molar-refractivity contribution in [3.8, 4) is 0 Å². The second kappa shape index (κ2) is 9.46. The number of benzene rings is 1. The minimum absolute atomic E-state index is 0.0327. The molecular formula is C22H23NO4S. The third kappa shape index (κ3) is 5.39. The minimum Gasteiger partial charge on any atom is -0.477 e. The van der Waals surface area contributed by atoms with E-state index in [9.17, 15) is 14.4 Å². The topological polar surface area (TPSA) is 74.7 Å². The average molecular weight is 397 g/mol. The Kier molecular flexibility index (Phi) is 6.76. The third-order valence-corrected chi connectivity index (χ3v) is 5.93. The van der Waals surface area contributed by atoms with Gasteiger partial charge in [-0.25, -0.2) is 4.79 Å². The molecule has 1 fully saturated rings. The van der Waals surface area contributed by atoms with Crippen LogP contribution in [0.3, 0.4) is 0 Å². The lowest BCUT2D eigenvalue weighted by Gasteiger charge is -2.22. The number of hydrogen-bond acceptors (Lipinski definition) is 4. The van der Waals surface area contributed by atoms with Gasteiger partial charge in [0.25, 0.3) is 0 Å². The largest absolute Gasteiger partial charge is 0.477 e. The lowest BCUT2D eigenvalue weighted by Crippen LogP contribution is -2.33. The fourth-order valence-corrected chi connectivity index (χ4v) is 4.26. The summed E-state index contributed by atoms with van der Waals surface area (Å²) < 4.78 is 0. The smallest absolute Gasteiger partial charge is 0.345 e. The van der Waals surface area contributed by atoms with Gasteiger partial charge in [0.2, 0.25) is 5.91 Å². The van der Waals surface area contributed by atoms with Gasteiger partial charge in [-0.1, -0.05) is 36.4 Å². The number of amides is 1. The van der Waals surface area contributed by atoms with E-state index in [1.165, 1.54) is 11.3 Å². The quantitative estimate of drug-likeness (QED) is 0.654. The van der Waals surface area contributed by atoms with Crippen LogP contribution in [0, 0.1) is 0 Å². The van der Waals surface area contributed by atoms with Crippen LogP contribution in [0.1, 0.15) is 39.4 Å². The number of allylic oxidation sites excluding steroid dienone is 1. The highest BCUT2D eigenvalue weighted by Gasteiger charge is 2.28. The molecule has 28 heavy (non-hydrogen) atoms. The number of carbonyl (C=O) groups is 3. The van der Waals surface area contributed by atoms with Crippen LogP contribution in [-0.4, -0.2) is 40.3 Å². The molecule has 1 aliphatic rings. The molecule has 3 rings (SSSR count). The monoisotopic (exact) mass is 397 g/mol. The zero-order chi connectivity index (χ0) is 19.9. The highest BCUT2D eigenvalue weighted by Crippen LogP contribution is 2.22. The molecule has 0 saturated carbocycles. The fourth-order valence-electron chi connectivity index (χ4n) is 3.37. The normalized spacial score (nSPS) is 16.8. The summed E-state index contributed by atoms with van der Waals surface area (Å²) in [6.07, 6.45) is 6.56. The lowest BCUT2D eigenvalue weighted by molar-refractivity contribution is -0.128. The summed E-state index contributed by atoms with van der Waals surface area (Å²) in [5.41, 5.74) is 0.980. The first-order valence-corrected chi connectivity index (χ1v) is 10.2. The van der Waals surface area contributed by atoms with Crippen molar-refractivity contribution < 1.29 is 19.5 Å². The summed E-state index contributed by atoms with van der Waals surface area (Å²) in [7, 11) is 0. The predicted octanol–water partition coefficient (Wildman–Crippen LogP) is 3.74. The molecular weight excluding hydrogens is 374 g/mol. The minimum atomic E-state index is -0.906. The van der Waals surface area contributed by atoms with Crippen molar-refractivity contribution >= 4 is 29.0 Å². The Labute approximate surface area is 168 Å². The van der Waals surface area contributed by atoms with Crippen molar-refractivity contribution in [2.75, 3.05) is 6.54 Å². The Morgan fingerprint density at radius 2 is 1.96 bits per heavy atom. The first-order chi connectivity index (χ1) is 13.5. The highest BCUT2D eigenvalue weighted by molar-refractivity contribution is 7.13. The van der Waals surface area contributed by atoms with Crippen LogP contribution in [0.4, 0.5) is 0 Å². The molecule has 1 atom stereocenters. The van der Waals surface area contributed by atoms with Gasteiger partial charge in [0.05, 0.1) is 6.04 Å². The van der Waals surface area contributed by atoms with Gasteiger partial charge >= 0.3 is 5.97 Å². The number of aryl methyl sites for hydroxylation is 1. The SMILES string of the molecule is O=C(/C=C/C1CCC(=O)N1CCCc1ccc(C(=O)O)s1)Cc1ccccc1. The number of likely N-dealkylation sites (tertiary alicyclic amines) is 1. The van der Waals surface area contributed by atoms with E-state index in [1.807, 2.05) is 47.4 Å². The maximum atomic E-state index is 12.2. The Bertz CT molecular complexity index is 872. The molecule has 6 heteroatoms. The van der Waals surface area contributed by atoms with Crippen molar-refractivity contribution in [1.29, 1.82) is 0 Å². The number of thiophene rings is 1. The molecule has 1 amide bonds. The highest BCUT2D eigenvalue weighted by atomic mass is 32.1. The van der Waals surface area contributed by atoms with Crippen molar-refractivity contribution in [3.05, 3.63) is 69.9 Å². The Morgan fingerprint density at radius 1 is 1.18 bits per heavy atom. The molecule has 1 aromatic carbocycles. The van der Waals surface area contributed by atoms with Crippen molar-refractivity contribution in [2.45, 2.75) is 38.1 Å². The molecule has 5 nitrogen and oxygen atoms in total. The van der Waals surface area contributed by atoms with E-state index in [0.29, 0.717) is 24.3 Å². The second-order valence-corrected chi connectivity index (χ2v) is 8.02. The number of ketones is 1. The van der Waals surface area contributed by atoms with E-state index >= 15 is 0 Å². The van der Waals surface area contributed by atoms with Crippen molar-refractivity contribution in [2.24, 2.45) is 0 Å². The zero-order valence-electron chi connectivity index (χ0n) is 15.5. The summed E-state index contributed by atoms with van der Waals surface area (Å²) in [6.45, 7) is 0.612. The molecule has 2 aromatic rings. The van der Waals surface area contributed by atoms with Crippen molar-refractivity contribution in [3.63, 3.8) is 0 Å². The molecule has 1 N–H and O–H groups in total. The summed E-state index contributed by atoms with van der Waals surface area (Å²) in [5, 5.41) is 8.98. The lowest BCUT2D eigenvalue weighted by atomic mass is 10.1. The van der Waals surface area contributed by atoms with Crippen LogP contribution in [-0.2, 0) is 22.4 Å². The molecule has 0 radical (unpaired) electrons. The predicted molar refractivity (Wildman–Crippen MR) is 109 cm³/mol. The first-order valence-electron chi connectivity index (χ1n) is 9.39. The summed E-state index contributed by atoms with van der Waals surface area (Å²) in [6, 6.07) is 13.0. The maximum Gasteiger partial charge on any atom is 0.345 e. The van der Waals surface area contributed by atoms with Gasteiger partial charge in [-0.2, -0.15) is 0 Å². The molecule has 1 saturated heterocycles. The molecule has 1 unspecified atom stereocenters. The van der Waals surface area contributed by atoms with Gasteiger partial charge in [0.1, 0.15) is 4.88 Å². The average Bonchev–Trinajstić information content (AvgIpc) is 3.29. The van der Waals surface area contributed by atoms with Gasteiger partial charge in [-0.3, -0.25) is 9.59 Å². The molecule has 0 bridgehead atoms. The number of hydrogen-bond donors (Lipinski definition) is 1. The second-order valence-electron chi connectivity index (χ2n) is 6.86. The van der Waals surface area contributed by atoms with Crippen molar-refractivity contribution in [1.82, 2.24) is 4.90 Å². The fraction of sp³-hybridized carbons (Fsp3) is 0.318. The van der Waals surface area contributed by atoms with Crippen LogP contribution >= 0.6 is 11.3 Å². The number of carboxylic acid groups (broad SMARTS) is 1. The number of nitrogens with zero attached hydrogens (tertiary/aromatic N) is 1. The third-order valence-electron chi connectivity index (χ3n) is 4.79. The van der Waals surface area contributed by atoms with E-state index < -0.39 is 5.97 Å². The van der Waals surface area contributed by atoms with E-state index in [0.717, 1.165) is 29.7 Å². The standard InChI is InChI=1S/C22H23NO4S/c24-18(15-16-5-2-1-3-6-16)10-8-17-9-13-21(25)23(17)14-4-7-19-11-12-20(28-19)22(26)27/h1-3,5-6,8,10-12,17H,4,7,9,13-15H2,(H,26,27)/b10-8+. The van der Waals surface area contributed by atoms with Gasteiger partial charge in [-0.15, -0.1) is 11.3 Å². The Hall–Kier alpha value is -2.73. The van der Waals surface area contributed by atoms with Crippen LogP contribution in [0.25, 0.3) is 0 Å². The zero-order valence-corrected chi connectivity index (χ0v) is 16.4. The van der Waals surface area contributed by atoms with Gasteiger partial charge < -0.3 is 10.0 Å². The summed E-state index contributed by atoms with van der Waals surface area (Å²) in [5.74, 6) is -0.760. The van der Waals surface area contributed by atoms with Crippen LogP contribution in [0.5, 0.6) is 0 Å². The van der Waals surface area contributed by atoms with Crippen LogP contribution in [0.15, 0.2) is 54.6 Å². The van der Waals surface area contributed by atoms with Gasteiger partial charge in [0, 0.05) is 24.3 Å². The summed E-state index contributed by atoms with van der Waals surface area (Å²) >= 11 is 1.28. The number of aromatic carboxylic acids is 1. The van der Waals surface area contributed by atoms with E-state index in [-0.39, 0.29) is 17.7 Å². The maximum absolute atomic E-state index is 12.2. The molecule has 146 valence electrons. The van der Waals surface area contributed by atoms with Gasteiger partial charge in [0.15, 0.2) is 5.78 Å². The molecule has 2 heterocycles. The van der Waals surface area contributed by atoms with E-state index in [1.54, 1.807) is 12.1 Å². The molecule has 0 spiro atoms. The Balaban J connectivity index is 1.50. The van der Waals surface area contributed by atoms with Crippen LogP contribution < -0.4 is 0 Å². The van der Waals surface area contributed by atoms with Gasteiger partial charge in [-0.05, 0) is 43.0 Å². The molecule has 1 aliphatic heterocycles. The molecule has 0 aliphatic carbocycles. The molecule has 1 aromatic heterocycles.